The van der Waals surface area contributed by atoms with Crippen molar-refractivity contribution in [2.75, 3.05) is 20.3 Å². The van der Waals surface area contributed by atoms with Gasteiger partial charge in [-0.15, -0.1) is 0 Å². The summed E-state index contributed by atoms with van der Waals surface area (Å²) in [6.07, 6.45) is 0.699. The SMILES string of the molecule is CCC(COC)NS(=O)(=O)C(C)CN. The summed E-state index contributed by atoms with van der Waals surface area (Å²) >= 11 is 0. The van der Waals surface area contributed by atoms with Gasteiger partial charge in [0.15, 0.2) is 0 Å². The monoisotopic (exact) mass is 224 g/mol. The minimum absolute atomic E-state index is 0.124. The number of sulfonamides is 1. The van der Waals surface area contributed by atoms with Gasteiger partial charge in [-0.3, -0.25) is 0 Å². The maximum atomic E-state index is 11.6. The van der Waals surface area contributed by atoms with Gasteiger partial charge in [0.25, 0.3) is 0 Å². The van der Waals surface area contributed by atoms with Crippen molar-refractivity contribution in [1.29, 1.82) is 0 Å². The molecule has 0 aromatic heterocycles. The lowest BCUT2D eigenvalue weighted by Gasteiger charge is -2.18. The van der Waals surface area contributed by atoms with E-state index in [1.165, 1.54) is 0 Å². The van der Waals surface area contributed by atoms with Crippen molar-refractivity contribution >= 4 is 10.0 Å². The first kappa shape index (κ1) is 13.8. The lowest BCUT2D eigenvalue weighted by molar-refractivity contribution is 0.173. The summed E-state index contributed by atoms with van der Waals surface area (Å²) in [6.45, 7) is 3.99. The predicted octanol–water partition coefficient (Wildman–Crippen LogP) is -0.322. The minimum atomic E-state index is -3.30. The van der Waals surface area contributed by atoms with E-state index in [-0.39, 0.29) is 12.6 Å². The maximum absolute atomic E-state index is 11.6. The van der Waals surface area contributed by atoms with E-state index in [1.807, 2.05) is 6.92 Å². The van der Waals surface area contributed by atoms with Gasteiger partial charge in [-0.1, -0.05) is 6.92 Å². The Morgan fingerprint density at radius 2 is 2.07 bits per heavy atom. The fourth-order valence-corrected chi connectivity index (χ4v) is 2.10. The summed E-state index contributed by atoms with van der Waals surface area (Å²) in [4.78, 5) is 0. The zero-order chi connectivity index (χ0) is 11.2. The number of hydrogen-bond acceptors (Lipinski definition) is 4. The molecule has 0 fully saturated rings. The number of ether oxygens (including phenoxy) is 1. The number of nitrogens with one attached hydrogen (secondary N) is 1. The third-order valence-corrected chi connectivity index (χ3v) is 3.97. The van der Waals surface area contributed by atoms with Crippen molar-refractivity contribution in [1.82, 2.24) is 4.72 Å². The molecular weight excluding hydrogens is 204 g/mol. The molecule has 86 valence electrons. The molecule has 0 aromatic rings. The highest BCUT2D eigenvalue weighted by Gasteiger charge is 2.22. The molecule has 0 aliphatic rings. The van der Waals surface area contributed by atoms with E-state index >= 15 is 0 Å². The third kappa shape index (κ3) is 4.36. The molecule has 0 aliphatic carbocycles. The molecule has 6 heteroatoms. The summed E-state index contributed by atoms with van der Waals surface area (Å²) in [7, 11) is -1.75. The lowest BCUT2D eigenvalue weighted by atomic mass is 10.3. The molecule has 0 aromatic carbocycles. The normalized spacial score (nSPS) is 16.6. The molecule has 0 spiro atoms. The van der Waals surface area contributed by atoms with Crippen LogP contribution in [0.15, 0.2) is 0 Å². The van der Waals surface area contributed by atoms with Crippen LogP contribution in [0.5, 0.6) is 0 Å². The molecule has 5 nitrogen and oxygen atoms in total. The highest BCUT2D eigenvalue weighted by Crippen LogP contribution is 2.00. The Morgan fingerprint density at radius 1 is 1.50 bits per heavy atom. The van der Waals surface area contributed by atoms with Gasteiger partial charge in [0.05, 0.1) is 11.9 Å². The second-order valence-electron chi connectivity index (χ2n) is 3.27. The first-order chi connectivity index (χ1) is 6.47. The van der Waals surface area contributed by atoms with E-state index in [1.54, 1.807) is 14.0 Å². The van der Waals surface area contributed by atoms with Crippen LogP contribution in [0.25, 0.3) is 0 Å². The van der Waals surface area contributed by atoms with Crippen molar-refractivity contribution in [2.24, 2.45) is 5.73 Å². The van der Waals surface area contributed by atoms with Crippen molar-refractivity contribution in [2.45, 2.75) is 31.6 Å². The molecule has 0 aliphatic heterocycles. The van der Waals surface area contributed by atoms with Crippen LogP contribution in [0.1, 0.15) is 20.3 Å². The van der Waals surface area contributed by atoms with Crippen LogP contribution in [0.3, 0.4) is 0 Å². The highest BCUT2D eigenvalue weighted by molar-refractivity contribution is 7.90. The van der Waals surface area contributed by atoms with Crippen molar-refractivity contribution in [3.8, 4) is 0 Å². The Bertz CT molecular complexity index is 241. The van der Waals surface area contributed by atoms with E-state index in [2.05, 4.69) is 4.72 Å². The predicted molar refractivity (Wildman–Crippen MR) is 56.5 cm³/mol. The van der Waals surface area contributed by atoms with Gasteiger partial charge in [0.1, 0.15) is 0 Å². The first-order valence-corrected chi connectivity index (χ1v) is 6.22. The number of hydrogen-bond donors (Lipinski definition) is 2. The highest BCUT2D eigenvalue weighted by atomic mass is 32.2. The maximum Gasteiger partial charge on any atom is 0.215 e. The van der Waals surface area contributed by atoms with Gasteiger partial charge in [-0.25, -0.2) is 13.1 Å². The summed E-state index contributed by atoms with van der Waals surface area (Å²) in [6, 6.07) is -0.168. The van der Waals surface area contributed by atoms with Crippen LogP contribution in [0.2, 0.25) is 0 Å². The van der Waals surface area contributed by atoms with Gasteiger partial charge in [0.2, 0.25) is 10.0 Å². The lowest BCUT2D eigenvalue weighted by Crippen LogP contribution is -2.44. The standard InChI is InChI=1S/C8H20N2O3S/c1-4-8(6-13-3)10-14(11,12)7(2)5-9/h7-8,10H,4-6,9H2,1-3H3. The summed E-state index contributed by atoms with van der Waals surface area (Å²) in [5.41, 5.74) is 5.30. The number of nitrogens with two attached hydrogens (primary N) is 1. The fraction of sp³-hybridized carbons (Fsp3) is 1.00. The molecule has 2 atom stereocenters. The van der Waals surface area contributed by atoms with E-state index in [0.29, 0.717) is 13.0 Å². The average molecular weight is 224 g/mol. The van der Waals surface area contributed by atoms with Gasteiger partial charge < -0.3 is 10.5 Å². The second-order valence-corrected chi connectivity index (χ2v) is 5.40. The zero-order valence-corrected chi connectivity index (χ0v) is 9.80. The van der Waals surface area contributed by atoms with Crippen LogP contribution in [-0.4, -0.2) is 40.0 Å². The van der Waals surface area contributed by atoms with Crippen LogP contribution in [0, 0.1) is 0 Å². The average Bonchev–Trinajstić information content (AvgIpc) is 2.15. The zero-order valence-electron chi connectivity index (χ0n) is 8.99. The molecule has 0 amide bonds. The van der Waals surface area contributed by atoms with Gasteiger partial charge in [-0.2, -0.15) is 0 Å². The largest absolute Gasteiger partial charge is 0.383 e. The Kier molecular flexibility index (Phi) is 6.26. The third-order valence-electron chi connectivity index (χ3n) is 2.05. The van der Waals surface area contributed by atoms with Gasteiger partial charge in [0, 0.05) is 19.7 Å². The summed E-state index contributed by atoms with van der Waals surface area (Å²) in [5.74, 6) is 0. The minimum Gasteiger partial charge on any atom is -0.383 e. The molecular formula is C8H20N2O3S. The summed E-state index contributed by atoms with van der Waals surface area (Å²) < 4.78 is 30.6. The number of rotatable bonds is 7. The van der Waals surface area contributed by atoms with Crippen LogP contribution in [-0.2, 0) is 14.8 Å². The van der Waals surface area contributed by atoms with Crippen LogP contribution >= 0.6 is 0 Å². The Hall–Kier alpha value is -0.170. The molecule has 14 heavy (non-hydrogen) atoms. The summed E-state index contributed by atoms with van der Waals surface area (Å²) in [5, 5.41) is -0.562. The molecule has 0 radical (unpaired) electrons. The van der Waals surface area contributed by atoms with Crippen LogP contribution in [0.4, 0.5) is 0 Å². The van der Waals surface area contributed by atoms with Crippen molar-refractivity contribution < 1.29 is 13.2 Å². The van der Waals surface area contributed by atoms with E-state index in [9.17, 15) is 8.42 Å². The molecule has 0 saturated heterocycles. The van der Waals surface area contributed by atoms with Crippen molar-refractivity contribution in [3.63, 3.8) is 0 Å². The molecule has 2 unspecified atom stereocenters. The van der Waals surface area contributed by atoms with E-state index in [0.717, 1.165) is 0 Å². The van der Waals surface area contributed by atoms with E-state index in [4.69, 9.17) is 10.5 Å². The number of methoxy groups -OCH3 is 1. The van der Waals surface area contributed by atoms with Gasteiger partial charge in [-0.05, 0) is 13.3 Å². The van der Waals surface area contributed by atoms with E-state index < -0.39 is 15.3 Å². The molecule has 0 saturated carbocycles. The Morgan fingerprint density at radius 3 is 2.43 bits per heavy atom. The Labute approximate surface area is 86.1 Å². The van der Waals surface area contributed by atoms with Gasteiger partial charge >= 0.3 is 0 Å². The first-order valence-electron chi connectivity index (χ1n) is 4.68. The Balaban J connectivity index is 4.32. The van der Waals surface area contributed by atoms with Crippen LogP contribution < -0.4 is 10.5 Å². The van der Waals surface area contributed by atoms with Crippen molar-refractivity contribution in [3.05, 3.63) is 0 Å². The topological polar surface area (TPSA) is 81.4 Å². The molecule has 0 heterocycles. The molecule has 0 bridgehead atoms. The molecule has 0 rings (SSSR count). The second kappa shape index (κ2) is 6.34. The fourth-order valence-electron chi connectivity index (χ4n) is 0.912. The quantitative estimate of drug-likeness (QED) is 0.621. The smallest absolute Gasteiger partial charge is 0.215 e. The molecule has 3 N–H and O–H groups in total.